The van der Waals surface area contributed by atoms with Crippen LogP contribution in [0.25, 0.3) is 22.3 Å². The molecule has 1 N–H and O–H groups in total. The van der Waals surface area contributed by atoms with Crippen molar-refractivity contribution < 1.29 is 14.3 Å². The van der Waals surface area contributed by atoms with Gasteiger partial charge >= 0.3 is 0 Å². The molecule has 1 atom stereocenters. The van der Waals surface area contributed by atoms with Crippen molar-refractivity contribution in [2.24, 2.45) is 0 Å². The Morgan fingerprint density at radius 2 is 1.88 bits per heavy atom. The van der Waals surface area contributed by atoms with Crippen LogP contribution in [-0.4, -0.2) is 34.7 Å². The number of hydrogen-bond acceptors (Lipinski definition) is 5. The Labute approximate surface area is 187 Å². The number of nitrogens with zero attached hydrogens (tertiary/aromatic N) is 3. The van der Waals surface area contributed by atoms with E-state index in [1.54, 1.807) is 32.8 Å². The molecule has 1 amide bonds. The monoisotopic (exact) mass is 430 g/mol. The van der Waals surface area contributed by atoms with E-state index in [1.807, 2.05) is 49.4 Å². The molecule has 4 aromatic rings. The molecule has 1 aromatic carbocycles. The quantitative estimate of drug-likeness (QED) is 0.449. The van der Waals surface area contributed by atoms with E-state index < -0.39 is 0 Å². The molecule has 0 unspecified atom stereocenters. The molecule has 0 aliphatic rings. The Morgan fingerprint density at radius 1 is 1.06 bits per heavy atom. The highest BCUT2D eigenvalue weighted by Crippen LogP contribution is 2.30. The Morgan fingerprint density at radius 3 is 2.62 bits per heavy atom. The van der Waals surface area contributed by atoms with E-state index >= 15 is 0 Å². The second-order valence-electron chi connectivity index (χ2n) is 7.48. The Kier molecular flexibility index (Phi) is 6.35. The summed E-state index contributed by atoms with van der Waals surface area (Å²) in [5.41, 5.74) is 3.77. The highest BCUT2D eigenvalue weighted by molar-refractivity contribution is 5.84. The summed E-state index contributed by atoms with van der Waals surface area (Å²) in [6.07, 6.45) is 5.61. The van der Waals surface area contributed by atoms with Crippen LogP contribution < -0.4 is 14.8 Å². The molecule has 7 heteroatoms. The number of pyridine rings is 2. The number of amides is 1. The number of rotatable bonds is 8. The third-order valence-corrected chi connectivity index (χ3v) is 5.47. The first-order valence-corrected chi connectivity index (χ1v) is 10.5. The maximum absolute atomic E-state index is 12.8. The number of nitrogens with one attached hydrogen (secondary N) is 1. The van der Waals surface area contributed by atoms with Crippen molar-refractivity contribution in [2.75, 3.05) is 14.2 Å². The summed E-state index contributed by atoms with van der Waals surface area (Å²) in [6.45, 7) is 2.44. The molecule has 0 saturated carbocycles. The van der Waals surface area contributed by atoms with Gasteiger partial charge in [0, 0.05) is 48.1 Å². The molecule has 3 aromatic heterocycles. The summed E-state index contributed by atoms with van der Waals surface area (Å²) in [5, 5.41) is 4.11. The zero-order valence-corrected chi connectivity index (χ0v) is 18.4. The number of carbonyl (C=O) groups excluding carboxylic acids is 1. The van der Waals surface area contributed by atoms with E-state index in [0.29, 0.717) is 24.5 Å². The molecule has 0 aliphatic carbocycles. The van der Waals surface area contributed by atoms with Crippen LogP contribution in [0.4, 0.5) is 0 Å². The van der Waals surface area contributed by atoms with Gasteiger partial charge in [-0.1, -0.05) is 0 Å². The minimum absolute atomic E-state index is 0.0548. The zero-order valence-electron chi connectivity index (χ0n) is 18.4. The third kappa shape index (κ3) is 4.42. The van der Waals surface area contributed by atoms with Gasteiger partial charge in [0.05, 0.1) is 26.0 Å². The van der Waals surface area contributed by atoms with Crippen LogP contribution in [0.15, 0.2) is 67.1 Å². The molecular weight excluding hydrogens is 404 g/mol. The maximum Gasteiger partial charge on any atom is 0.222 e. The van der Waals surface area contributed by atoms with Gasteiger partial charge in [0.25, 0.3) is 0 Å². The molecule has 3 heterocycles. The molecule has 4 rings (SSSR count). The minimum atomic E-state index is -0.230. The van der Waals surface area contributed by atoms with E-state index in [1.165, 1.54) is 0 Å². The lowest BCUT2D eigenvalue weighted by Gasteiger charge is -2.18. The third-order valence-electron chi connectivity index (χ3n) is 5.47. The van der Waals surface area contributed by atoms with Crippen LogP contribution in [0.3, 0.4) is 0 Å². The summed E-state index contributed by atoms with van der Waals surface area (Å²) in [6, 6.07) is 15.3. The molecule has 32 heavy (non-hydrogen) atoms. The molecular formula is C25H26N4O3. The number of hydrogen-bond donors (Lipinski definition) is 1. The minimum Gasteiger partial charge on any atom is -0.497 e. The highest BCUT2D eigenvalue weighted by Gasteiger charge is 2.17. The number of methoxy groups -OCH3 is 2. The van der Waals surface area contributed by atoms with Gasteiger partial charge in [0.1, 0.15) is 17.1 Å². The van der Waals surface area contributed by atoms with Crippen LogP contribution in [0.5, 0.6) is 11.5 Å². The summed E-state index contributed by atoms with van der Waals surface area (Å²) in [4.78, 5) is 21.5. The number of fused-ring (bicyclic) bond motifs is 1. The number of ether oxygens (including phenoxy) is 2. The Balaban J connectivity index is 1.53. The van der Waals surface area contributed by atoms with Crippen molar-refractivity contribution in [1.29, 1.82) is 0 Å². The number of aromatic nitrogens is 3. The lowest BCUT2D eigenvalue weighted by atomic mass is 10.1. The molecule has 0 spiro atoms. The van der Waals surface area contributed by atoms with Crippen molar-refractivity contribution in [2.45, 2.75) is 25.9 Å². The van der Waals surface area contributed by atoms with E-state index in [-0.39, 0.29) is 11.9 Å². The van der Waals surface area contributed by atoms with Crippen LogP contribution in [-0.2, 0) is 11.3 Å². The topological polar surface area (TPSA) is 78.3 Å². The normalized spacial score (nSPS) is 11.8. The fourth-order valence-electron chi connectivity index (χ4n) is 3.86. The Bertz CT molecular complexity index is 1220. The summed E-state index contributed by atoms with van der Waals surface area (Å²) in [7, 11) is 3.23. The van der Waals surface area contributed by atoms with Gasteiger partial charge in [-0.3, -0.25) is 9.78 Å². The molecule has 164 valence electrons. The first-order chi connectivity index (χ1) is 15.6. The average Bonchev–Trinajstić information content (AvgIpc) is 3.21. The van der Waals surface area contributed by atoms with Crippen molar-refractivity contribution in [3.8, 4) is 22.8 Å². The molecule has 0 aliphatic heterocycles. The van der Waals surface area contributed by atoms with Gasteiger partial charge in [0.2, 0.25) is 5.91 Å². The van der Waals surface area contributed by atoms with Gasteiger partial charge in [-0.25, -0.2) is 4.98 Å². The molecule has 0 fully saturated rings. The lowest BCUT2D eigenvalue weighted by molar-refractivity contribution is -0.121. The lowest BCUT2D eigenvalue weighted by Crippen LogP contribution is -2.27. The number of benzene rings is 1. The molecule has 0 radical (unpaired) electrons. The van der Waals surface area contributed by atoms with Crippen molar-refractivity contribution >= 4 is 16.9 Å². The van der Waals surface area contributed by atoms with Gasteiger partial charge in [-0.2, -0.15) is 0 Å². The van der Waals surface area contributed by atoms with Crippen molar-refractivity contribution in [1.82, 2.24) is 19.9 Å². The van der Waals surface area contributed by atoms with Crippen LogP contribution in [0.2, 0.25) is 0 Å². The first kappa shape index (κ1) is 21.4. The SMILES string of the molecule is COc1ccc(OC)c([C@@H](C)NC(=O)CCn2c(-c3ccncc3)cc3cccnc32)c1. The van der Waals surface area contributed by atoms with E-state index in [4.69, 9.17) is 9.47 Å². The summed E-state index contributed by atoms with van der Waals surface area (Å²) >= 11 is 0. The second kappa shape index (κ2) is 9.51. The number of carbonyl (C=O) groups is 1. The van der Waals surface area contributed by atoms with Crippen LogP contribution >= 0.6 is 0 Å². The summed E-state index contributed by atoms with van der Waals surface area (Å²) < 4.78 is 12.9. The summed E-state index contributed by atoms with van der Waals surface area (Å²) in [5.74, 6) is 1.37. The average molecular weight is 431 g/mol. The fourth-order valence-corrected chi connectivity index (χ4v) is 3.86. The smallest absolute Gasteiger partial charge is 0.222 e. The van der Waals surface area contributed by atoms with Gasteiger partial charge < -0.3 is 19.4 Å². The Hall–Kier alpha value is -3.87. The van der Waals surface area contributed by atoms with Crippen molar-refractivity contribution in [3.05, 3.63) is 72.7 Å². The first-order valence-electron chi connectivity index (χ1n) is 10.5. The maximum atomic E-state index is 12.8. The van der Waals surface area contributed by atoms with Crippen molar-refractivity contribution in [3.63, 3.8) is 0 Å². The zero-order chi connectivity index (χ0) is 22.5. The predicted molar refractivity (Wildman–Crippen MR) is 124 cm³/mol. The fraction of sp³-hybridized carbons (Fsp3) is 0.240. The van der Waals surface area contributed by atoms with E-state index in [0.717, 1.165) is 27.9 Å². The predicted octanol–water partition coefficient (Wildman–Crippen LogP) is 4.38. The molecule has 7 nitrogen and oxygen atoms in total. The van der Waals surface area contributed by atoms with E-state index in [9.17, 15) is 4.79 Å². The molecule has 0 bridgehead atoms. The second-order valence-corrected chi connectivity index (χ2v) is 7.48. The van der Waals surface area contributed by atoms with Crippen LogP contribution in [0, 0.1) is 0 Å². The van der Waals surface area contributed by atoms with Gasteiger partial charge in [-0.05, 0) is 55.5 Å². The number of aryl methyl sites for hydroxylation is 1. The standard InChI is InChI=1S/C25H26N4O3/c1-17(21-16-20(31-2)6-7-23(21)32-3)28-24(30)10-14-29-22(18-8-12-26-13-9-18)15-19-5-4-11-27-25(19)29/h4-9,11-13,15-17H,10,14H2,1-3H3,(H,28,30)/t17-/m1/s1. The van der Waals surface area contributed by atoms with Gasteiger partial charge in [0.15, 0.2) is 0 Å². The van der Waals surface area contributed by atoms with E-state index in [2.05, 4.69) is 25.9 Å². The highest BCUT2D eigenvalue weighted by atomic mass is 16.5. The molecule has 0 saturated heterocycles. The van der Waals surface area contributed by atoms with Crippen LogP contribution in [0.1, 0.15) is 24.9 Å². The largest absolute Gasteiger partial charge is 0.497 e. The van der Waals surface area contributed by atoms with Gasteiger partial charge in [-0.15, -0.1) is 0 Å².